The fourth-order valence-electron chi connectivity index (χ4n) is 3.28. The average molecular weight is 264 g/mol. The summed E-state index contributed by atoms with van der Waals surface area (Å²) in [6.07, 6.45) is 3.40. The number of methoxy groups -OCH3 is 2. The van der Waals surface area contributed by atoms with Gasteiger partial charge in [-0.15, -0.1) is 0 Å². The van der Waals surface area contributed by atoms with Crippen LogP contribution < -0.4 is 4.74 Å². The Morgan fingerprint density at radius 3 is 2.32 bits per heavy atom. The molecule has 0 aromatic heterocycles. The van der Waals surface area contributed by atoms with Crippen LogP contribution in [0.4, 0.5) is 0 Å². The van der Waals surface area contributed by atoms with E-state index in [9.17, 15) is 5.11 Å². The molecule has 0 heterocycles. The van der Waals surface area contributed by atoms with E-state index in [-0.39, 0.29) is 0 Å². The summed E-state index contributed by atoms with van der Waals surface area (Å²) in [5.74, 6) is 0.758. The van der Waals surface area contributed by atoms with E-state index < -0.39 is 11.7 Å². The van der Waals surface area contributed by atoms with Gasteiger partial charge in [-0.05, 0) is 43.9 Å². The third-order valence-electron chi connectivity index (χ3n) is 4.34. The third-order valence-corrected chi connectivity index (χ3v) is 4.34. The Hall–Kier alpha value is -1.06. The second-order valence-corrected chi connectivity index (χ2v) is 5.58. The first-order chi connectivity index (χ1) is 9.04. The molecule has 1 fully saturated rings. The van der Waals surface area contributed by atoms with Gasteiger partial charge in [0.1, 0.15) is 11.9 Å². The number of hydrogen-bond donors (Lipinski definition) is 1. The number of aliphatic hydroxyl groups is 1. The summed E-state index contributed by atoms with van der Waals surface area (Å²) < 4.78 is 11.2. The number of benzene rings is 1. The molecule has 1 unspecified atom stereocenters. The molecule has 1 aromatic rings. The van der Waals surface area contributed by atoms with Gasteiger partial charge in [0.15, 0.2) is 0 Å². The first-order valence-corrected chi connectivity index (χ1v) is 6.92. The molecule has 1 aromatic carbocycles. The van der Waals surface area contributed by atoms with E-state index in [0.29, 0.717) is 0 Å². The fraction of sp³-hybridized carbons (Fsp3) is 0.625. The molecule has 0 aliphatic heterocycles. The van der Waals surface area contributed by atoms with Crippen molar-refractivity contribution in [2.24, 2.45) is 0 Å². The molecule has 0 radical (unpaired) electrons. The quantitative estimate of drug-likeness (QED) is 0.906. The topological polar surface area (TPSA) is 38.7 Å². The highest BCUT2D eigenvalue weighted by Crippen LogP contribution is 2.45. The van der Waals surface area contributed by atoms with Crippen molar-refractivity contribution < 1.29 is 14.6 Å². The lowest BCUT2D eigenvalue weighted by Gasteiger charge is -2.34. The van der Waals surface area contributed by atoms with Crippen LogP contribution in [0.15, 0.2) is 12.1 Å². The van der Waals surface area contributed by atoms with Crippen LogP contribution in [0.3, 0.4) is 0 Å². The standard InChI is InChI=1S/C16H24O3/c1-11-9-12(2)14(13(10-11)18-3)15(17)16(19-4)7-5-6-8-16/h9-10,15,17H,5-8H2,1-4H3. The molecule has 3 heteroatoms. The van der Waals surface area contributed by atoms with Crippen molar-refractivity contribution in [3.8, 4) is 5.75 Å². The Morgan fingerprint density at radius 1 is 1.16 bits per heavy atom. The number of hydrogen-bond acceptors (Lipinski definition) is 3. The van der Waals surface area contributed by atoms with Crippen molar-refractivity contribution in [3.63, 3.8) is 0 Å². The molecule has 1 saturated carbocycles. The van der Waals surface area contributed by atoms with Crippen molar-refractivity contribution in [2.45, 2.75) is 51.2 Å². The first-order valence-electron chi connectivity index (χ1n) is 6.92. The summed E-state index contributed by atoms with van der Waals surface area (Å²) in [5.41, 5.74) is 2.63. The Kier molecular flexibility index (Phi) is 4.16. The van der Waals surface area contributed by atoms with Crippen LogP contribution in [-0.4, -0.2) is 24.9 Å². The maximum Gasteiger partial charge on any atom is 0.125 e. The monoisotopic (exact) mass is 264 g/mol. The Bertz CT molecular complexity index is 448. The molecule has 106 valence electrons. The largest absolute Gasteiger partial charge is 0.496 e. The van der Waals surface area contributed by atoms with Gasteiger partial charge in [0.05, 0.1) is 12.7 Å². The maximum atomic E-state index is 10.8. The molecule has 19 heavy (non-hydrogen) atoms. The van der Waals surface area contributed by atoms with Crippen LogP contribution in [0.5, 0.6) is 5.75 Å². The molecule has 0 amide bonds. The van der Waals surface area contributed by atoms with Gasteiger partial charge in [0.2, 0.25) is 0 Å². The molecule has 3 nitrogen and oxygen atoms in total. The predicted octanol–water partition coefficient (Wildman–Crippen LogP) is 3.30. The van der Waals surface area contributed by atoms with Crippen molar-refractivity contribution in [1.82, 2.24) is 0 Å². The predicted molar refractivity (Wildman–Crippen MR) is 75.6 cm³/mol. The van der Waals surface area contributed by atoms with Gasteiger partial charge in [-0.3, -0.25) is 0 Å². The molecule has 0 spiro atoms. The van der Waals surface area contributed by atoms with Crippen molar-refractivity contribution in [1.29, 1.82) is 0 Å². The van der Waals surface area contributed by atoms with E-state index in [4.69, 9.17) is 9.47 Å². The first kappa shape index (κ1) is 14.4. The van der Waals surface area contributed by atoms with E-state index in [1.807, 2.05) is 19.9 Å². The molecular weight excluding hydrogens is 240 g/mol. The van der Waals surface area contributed by atoms with E-state index in [1.165, 1.54) is 0 Å². The van der Waals surface area contributed by atoms with Crippen LogP contribution >= 0.6 is 0 Å². The second kappa shape index (κ2) is 5.51. The van der Waals surface area contributed by atoms with Gasteiger partial charge in [0.25, 0.3) is 0 Å². The molecular formula is C16H24O3. The minimum Gasteiger partial charge on any atom is -0.496 e. The lowest BCUT2D eigenvalue weighted by Crippen LogP contribution is -2.36. The van der Waals surface area contributed by atoms with Gasteiger partial charge in [-0.2, -0.15) is 0 Å². The molecule has 1 N–H and O–H groups in total. The summed E-state index contributed by atoms with van der Waals surface area (Å²) >= 11 is 0. The minimum absolute atomic E-state index is 0.451. The van der Waals surface area contributed by atoms with Gasteiger partial charge < -0.3 is 14.6 Å². The van der Waals surface area contributed by atoms with E-state index >= 15 is 0 Å². The zero-order valence-corrected chi connectivity index (χ0v) is 12.3. The third kappa shape index (κ3) is 2.49. The van der Waals surface area contributed by atoms with Gasteiger partial charge in [-0.1, -0.05) is 18.9 Å². The van der Waals surface area contributed by atoms with Gasteiger partial charge >= 0.3 is 0 Å². The lowest BCUT2D eigenvalue weighted by molar-refractivity contribution is -0.101. The number of aliphatic hydroxyl groups excluding tert-OH is 1. The fourth-order valence-corrected chi connectivity index (χ4v) is 3.28. The second-order valence-electron chi connectivity index (χ2n) is 5.58. The number of aryl methyl sites for hydroxylation is 2. The Morgan fingerprint density at radius 2 is 1.79 bits per heavy atom. The van der Waals surface area contributed by atoms with Crippen LogP contribution in [0.25, 0.3) is 0 Å². The van der Waals surface area contributed by atoms with Crippen molar-refractivity contribution in [2.75, 3.05) is 14.2 Å². The molecule has 1 atom stereocenters. The normalized spacial score (nSPS) is 19.4. The summed E-state index contributed by atoms with van der Waals surface area (Å²) in [6, 6.07) is 4.06. The molecule has 1 aliphatic rings. The molecule has 1 aliphatic carbocycles. The number of ether oxygens (including phenoxy) is 2. The molecule has 0 bridgehead atoms. The highest BCUT2D eigenvalue weighted by Gasteiger charge is 2.43. The van der Waals surface area contributed by atoms with Crippen LogP contribution in [0, 0.1) is 13.8 Å². The van der Waals surface area contributed by atoms with E-state index in [1.54, 1.807) is 14.2 Å². The smallest absolute Gasteiger partial charge is 0.125 e. The SMILES string of the molecule is COc1cc(C)cc(C)c1C(O)C1(OC)CCCC1. The average Bonchev–Trinajstić information content (AvgIpc) is 2.87. The van der Waals surface area contributed by atoms with Crippen molar-refractivity contribution in [3.05, 3.63) is 28.8 Å². The van der Waals surface area contributed by atoms with E-state index in [2.05, 4.69) is 6.07 Å². The number of rotatable bonds is 4. The van der Waals surface area contributed by atoms with Crippen LogP contribution in [0.2, 0.25) is 0 Å². The Labute approximate surface area is 115 Å². The van der Waals surface area contributed by atoms with Crippen LogP contribution in [-0.2, 0) is 4.74 Å². The van der Waals surface area contributed by atoms with Crippen molar-refractivity contribution >= 4 is 0 Å². The Balaban J connectivity index is 2.45. The van der Waals surface area contributed by atoms with Gasteiger partial charge in [0, 0.05) is 12.7 Å². The zero-order chi connectivity index (χ0) is 14.0. The highest BCUT2D eigenvalue weighted by atomic mass is 16.5. The highest BCUT2D eigenvalue weighted by molar-refractivity contribution is 5.45. The zero-order valence-electron chi connectivity index (χ0n) is 12.3. The van der Waals surface area contributed by atoms with Crippen LogP contribution in [0.1, 0.15) is 48.5 Å². The maximum absolute atomic E-state index is 10.8. The summed E-state index contributed by atoms with van der Waals surface area (Å²) in [5, 5.41) is 10.8. The summed E-state index contributed by atoms with van der Waals surface area (Å²) in [4.78, 5) is 0. The van der Waals surface area contributed by atoms with Gasteiger partial charge in [-0.25, -0.2) is 0 Å². The molecule has 0 saturated heterocycles. The minimum atomic E-state index is -0.629. The molecule has 2 rings (SSSR count). The summed E-state index contributed by atoms with van der Waals surface area (Å²) in [6.45, 7) is 4.06. The summed E-state index contributed by atoms with van der Waals surface area (Å²) in [7, 11) is 3.35. The van der Waals surface area contributed by atoms with E-state index in [0.717, 1.165) is 48.1 Å². The lowest BCUT2D eigenvalue weighted by atomic mass is 9.86.